The van der Waals surface area contributed by atoms with E-state index in [4.69, 9.17) is 11.6 Å². The minimum Gasteiger partial charge on any atom is -0.326 e. The lowest BCUT2D eigenvalue weighted by Crippen LogP contribution is -2.12. The summed E-state index contributed by atoms with van der Waals surface area (Å²) >= 11 is 7.24. The average molecular weight is 360 g/mol. The van der Waals surface area contributed by atoms with Crippen molar-refractivity contribution in [1.82, 2.24) is 4.98 Å². The van der Waals surface area contributed by atoms with Gasteiger partial charge in [-0.3, -0.25) is 4.79 Å². The van der Waals surface area contributed by atoms with E-state index >= 15 is 0 Å². The molecule has 6 heteroatoms. The summed E-state index contributed by atoms with van der Waals surface area (Å²) in [5, 5.41) is 13.3. The average Bonchev–Trinajstić information content (AvgIpc) is 2.56. The van der Waals surface area contributed by atoms with Crippen molar-refractivity contribution in [2.24, 2.45) is 0 Å². The molecule has 0 saturated carbocycles. The second-order valence-corrected chi connectivity index (χ2v) is 7.03. The predicted octanol–water partition coefficient (Wildman–Crippen LogP) is 4.85. The zero-order chi connectivity index (χ0) is 17.5. The van der Waals surface area contributed by atoms with Crippen molar-refractivity contribution in [3.8, 4) is 6.07 Å². The second kappa shape index (κ2) is 8.72. The highest BCUT2D eigenvalue weighted by Crippen LogP contribution is 2.24. The number of nitrogens with one attached hydrogen (secondary N) is 1. The van der Waals surface area contributed by atoms with Gasteiger partial charge < -0.3 is 5.32 Å². The van der Waals surface area contributed by atoms with Gasteiger partial charge in [0, 0.05) is 28.6 Å². The largest absolute Gasteiger partial charge is 0.326 e. The van der Waals surface area contributed by atoms with Gasteiger partial charge in [0.2, 0.25) is 5.91 Å². The molecule has 0 bridgehead atoms. The Balaban J connectivity index is 1.91. The molecular formula is C18H18ClN3OS. The molecule has 1 heterocycles. The molecule has 0 unspecified atom stereocenters. The van der Waals surface area contributed by atoms with Crippen LogP contribution in [-0.2, 0) is 4.79 Å². The van der Waals surface area contributed by atoms with Gasteiger partial charge in [-0.05, 0) is 42.3 Å². The predicted molar refractivity (Wildman–Crippen MR) is 98.5 cm³/mol. The van der Waals surface area contributed by atoms with Gasteiger partial charge in [0.1, 0.15) is 11.1 Å². The number of carbonyl (C=O) groups excluding carboxylic acids is 1. The molecule has 0 aliphatic heterocycles. The third kappa shape index (κ3) is 5.26. The molecule has 0 radical (unpaired) electrons. The zero-order valence-corrected chi connectivity index (χ0v) is 15.1. The van der Waals surface area contributed by atoms with Crippen molar-refractivity contribution in [1.29, 1.82) is 5.26 Å². The summed E-state index contributed by atoms with van der Waals surface area (Å²) < 4.78 is 0. The maximum absolute atomic E-state index is 12.0. The number of halogens is 1. The third-order valence-corrected chi connectivity index (χ3v) is 4.53. The monoisotopic (exact) mass is 359 g/mol. The fourth-order valence-corrected chi connectivity index (χ4v) is 3.01. The number of hydrogen-bond donors (Lipinski definition) is 1. The minimum atomic E-state index is -0.0802. The summed E-state index contributed by atoms with van der Waals surface area (Å²) in [6.45, 7) is 4.12. The molecule has 1 N–H and O–H groups in total. The maximum Gasteiger partial charge on any atom is 0.225 e. The molecule has 1 aromatic heterocycles. The van der Waals surface area contributed by atoms with E-state index in [0.29, 0.717) is 39.4 Å². The molecule has 2 rings (SSSR count). The van der Waals surface area contributed by atoms with Crippen molar-refractivity contribution in [3.63, 3.8) is 0 Å². The molecule has 0 aliphatic carbocycles. The van der Waals surface area contributed by atoms with E-state index in [0.717, 1.165) is 5.69 Å². The van der Waals surface area contributed by atoms with E-state index in [1.165, 1.54) is 11.8 Å². The van der Waals surface area contributed by atoms with Crippen LogP contribution in [-0.4, -0.2) is 16.6 Å². The summed E-state index contributed by atoms with van der Waals surface area (Å²) in [5.41, 5.74) is 2.21. The Morgan fingerprint density at radius 3 is 2.62 bits per heavy atom. The van der Waals surface area contributed by atoms with E-state index in [-0.39, 0.29) is 5.91 Å². The number of benzene rings is 1. The zero-order valence-electron chi connectivity index (χ0n) is 13.5. The lowest BCUT2D eigenvalue weighted by Gasteiger charge is -2.09. The van der Waals surface area contributed by atoms with Gasteiger partial charge >= 0.3 is 0 Å². The lowest BCUT2D eigenvalue weighted by molar-refractivity contribution is -0.115. The first-order valence-electron chi connectivity index (χ1n) is 7.59. The number of anilines is 1. The number of carbonyl (C=O) groups is 1. The molecule has 1 aromatic carbocycles. The molecule has 0 spiro atoms. The highest BCUT2D eigenvalue weighted by Gasteiger charge is 2.10. The van der Waals surface area contributed by atoms with Gasteiger partial charge in [-0.1, -0.05) is 25.4 Å². The van der Waals surface area contributed by atoms with Gasteiger partial charge in [-0.2, -0.15) is 5.26 Å². The topological polar surface area (TPSA) is 65.8 Å². The summed E-state index contributed by atoms with van der Waals surface area (Å²) in [6.07, 6.45) is 0.339. The standard InChI is InChI=1S/C18H18ClN3OS/c1-12(2)16-8-3-13(11-20)18(22-16)24-10-9-17(23)21-15-6-4-14(19)5-7-15/h3-8,12H,9-10H2,1-2H3,(H,21,23). The Kier molecular flexibility index (Phi) is 6.65. The number of pyridine rings is 1. The Morgan fingerprint density at radius 2 is 2.00 bits per heavy atom. The van der Waals surface area contributed by atoms with Crippen LogP contribution in [0.2, 0.25) is 5.02 Å². The van der Waals surface area contributed by atoms with E-state index in [1.54, 1.807) is 30.3 Å². The summed E-state index contributed by atoms with van der Waals surface area (Å²) in [6, 6.07) is 12.8. The van der Waals surface area contributed by atoms with Gasteiger partial charge in [0.25, 0.3) is 0 Å². The quantitative estimate of drug-likeness (QED) is 0.748. The lowest BCUT2D eigenvalue weighted by atomic mass is 10.1. The molecule has 24 heavy (non-hydrogen) atoms. The Hall–Kier alpha value is -2.03. The van der Waals surface area contributed by atoms with Crippen LogP contribution in [0.5, 0.6) is 0 Å². The number of hydrogen-bond acceptors (Lipinski definition) is 4. The van der Waals surface area contributed by atoms with Crippen molar-refractivity contribution in [2.75, 3.05) is 11.1 Å². The van der Waals surface area contributed by atoms with Crippen molar-refractivity contribution >= 4 is 35.0 Å². The minimum absolute atomic E-state index is 0.0802. The van der Waals surface area contributed by atoms with Crippen molar-refractivity contribution in [2.45, 2.75) is 31.2 Å². The molecular weight excluding hydrogens is 342 g/mol. The van der Waals surface area contributed by atoms with Crippen LogP contribution in [0.25, 0.3) is 0 Å². The highest BCUT2D eigenvalue weighted by atomic mass is 35.5. The van der Waals surface area contributed by atoms with E-state index in [2.05, 4.69) is 30.2 Å². The first kappa shape index (κ1) is 18.3. The molecule has 2 aromatic rings. The smallest absolute Gasteiger partial charge is 0.225 e. The van der Waals surface area contributed by atoms with Gasteiger partial charge in [0.15, 0.2) is 0 Å². The highest BCUT2D eigenvalue weighted by molar-refractivity contribution is 7.99. The number of thioether (sulfide) groups is 1. The third-order valence-electron chi connectivity index (χ3n) is 3.29. The van der Waals surface area contributed by atoms with E-state index in [9.17, 15) is 10.1 Å². The Bertz CT molecular complexity index is 754. The molecule has 1 amide bonds. The van der Waals surface area contributed by atoms with Crippen LogP contribution in [0.3, 0.4) is 0 Å². The second-order valence-electron chi connectivity index (χ2n) is 5.51. The van der Waals surface area contributed by atoms with Crippen molar-refractivity contribution < 1.29 is 4.79 Å². The number of aromatic nitrogens is 1. The number of rotatable bonds is 6. The Morgan fingerprint density at radius 1 is 1.29 bits per heavy atom. The van der Waals surface area contributed by atoms with Crippen LogP contribution in [0, 0.1) is 11.3 Å². The molecule has 4 nitrogen and oxygen atoms in total. The Labute approximate surface area is 151 Å². The summed E-state index contributed by atoms with van der Waals surface area (Å²) in [7, 11) is 0. The fraction of sp³-hybridized carbons (Fsp3) is 0.278. The van der Waals surface area contributed by atoms with Crippen LogP contribution < -0.4 is 5.32 Å². The molecule has 0 fully saturated rings. The molecule has 0 atom stereocenters. The van der Waals surface area contributed by atoms with Crippen LogP contribution in [0.1, 0.15) is 37.4 Å². The molecule has 0 saturated heterocycles. The number of nitrogens with zero attached hydrogens (tertiary/aromatic N) is 2. The molecule has 124 valence electrons. The maximum atomic E-state index is 12.0. The first-order valence-corrected chi connectivity index (χ1v) is 8.95. The normalized spacial score (nSPS) is 10.5. The fourth-order valence-electron chi connectivity index (χ4n) is 1.97. The molecule has 0 aliphatic rings. The van der Waals surface area contributed by atoms with Crippen LogP contribution >= 0.6 is 23.4 Å². The van der Waals surface area contributed by atoms with Gasteiger partial charge in [0.05, 0.1) is 5.56 Å². The SMILES string of the molecule is CC(C)c1ccc(C#N)c(SCCC(=O)Nc2ccc(Cl)cc2)n1. The van der Waals surface area contributed by atoms with Gasteiger partial charge in [-0.15, -0.1) is 11.8 Å². The van der Waals surface area contributed by atoms with Crippen molar-refractivity contribution in [3.05, 3.63) is 52.7 Å². The number of amides is 1. The van der Waals surface area contributed by atoms with Crippen LogP contribution in [0.15, 0.2) is 41.4 Å². The van der Waals surface area contributed by atoms with Crippen LogP contribution in [0.4, 0.5) is 5.69 Å². The first-order chi connectivity index (χ1) is 11.5. The van der Waals surface area contributed by atoms with Gasteiger partial charge in [-0.25, -0.2) is 4.98 Å². The van der Waals surface area contributed by atoms with E-state index in [1.807, 2.05) is 6.07 Å². The van der Waals surface area contributed by atoms with E-state index < -0.39 is 0 Å². The summed E-state index contributed by atoms with van der Waals surface area (Å²) in [5.74, 6) is 0.775. The summed E-state index contributed by atoms with van der Waals surface area (Å²) in [4.78, 5) is 16.5. The number of nitriles is 1.